The molecule has 1 aromatic heterocycles. The molecule has 1 aromatic carbocycles. The summed E-state index contributed by atoms with van der Waals surface area (Å²) in [6.07, 6.45) is 2.81. The number of aromatic nitrogens is 1. The Hall–Kier alpha value is -1.88. The minimum atomic E-state index is -0.0324. The normalized spacial score (nSPS) is 10.8. The van der Waals surface area contributed by atoms with E-state index in [4.69, 9.17) is 0 Å². The van der Waals surface area contributed by atoms with Crippen LogP contribution in [0.15, 0.2) is 41.5 Å². The molecule has 0 aliphatic rings. The SMILES string of the molecule is Cc1cnc(CNC(=NCC(=O)N(C)C)NCCCN(C)c2ccccc2)s1.I. The van der Waals surface area contributed by atoms with Crippen LogP contribution in [-0.4, -0.2) is 62.5 Å². The zero-order chi connectivity index (χ0) is 20.4. The van der Waals surface area contributed by atoms with Crippen molar-refractivity contribution in [3.63, 3.8) is 0 Å². The average molecular weight is 530 g/mol. The van der Waals surface area contributed by atoms with Crippen LogP contribution in [0.1, 0.15) is 16.3 Å². The van der Waals surface area contributed by atoms with Gasteiger partial charge >= 0.3 is 0 Å². The number of nitrogens with zero attached hydrogens (tertiary/aromatic N) is 4. The van der Waals surface area contributed by atoms with Crippen molar-refractivity contribution in [1.82, 2.24) is 20.5 Å². The van der Waals surface area contributed by atoms with Crippen LogP contribution in [-0.2, 0) is 11.3 Å². The smallest absolute Gasteiger partial charge is 0.243 e. The van der Waals surface area contributed by atoms with Crippen LogP contribution in [0.3, 0.4) is 0 Å². The number of carbonyl (C=O) groups excluding carboxylic acids is 1. The molecule has 2 aromatic rings. The molecule has 9 heteroatoms. The predicted octanol–water partition coefficient (Wildman–Crippen LogP) is 2.72. The number of halogens is 1. The van der Waals surface area contributed by atoms with Crippen molar-refractivity contribution in [2.24, 2.45) is 4.99 Å². The highest BCUT2D eigenvalue weighted by atomic mass is 127. The van der Waals surface area contributed by atoms with E-state index in [1.54, 1.807) is 30.3 Å². The van der Waals surface area contributed by atoms with Gasteiger partial charge in [0.25, 0.3) is 0 Å². The lowest BCUT2D eigenvalue weighted by Gasteiger charge is -2.19. The first kappa shape index (κ1) is 25.2. The summed E-state index contributed by atoms with van der Waals surface area (Å²) in [5.41, 5.74) is 1.20. The lowest BCUT2D eigenvalue weighted by molar-refractivity contribution is -0.127. The number of aliphatic imine (C=N–C) groups is 1. The third-order valence-electron chi connectivity index (χ3n) is 4.11. The van der Waals surface area contributed by atoms with Crippen molar-refractivity contribution in [3.8, 4) is 0 Å². The monoisotopic (exact) mass is 530 g/mol. The molecule has 2 N–H and O–H groups in total. The number of carbonyl (C=O) groups is 1. The van der Waals surface area contributed by atoms with Gasteiger partial charge in [0.05, 0.1) is 6.54 Å². The van der Waals surface area contributed by atoms with Crippen molar-refractivity contribution in [2.45, 2.75) is 19.9 Å². The van der Waals surface area contributed by atoms with Crippen molar-refractivity contribution in [1.29, 1.82) is 0 Å². The number of guanidine groups is 1. The molecule has 1 heterocycles. The van der Waals surface area contributed by atoms with Gasteiger partial charge in [0.2, 0.25) is 5.91 Å². The maximum atomic E-state index is 11.8. The third-order valence-corrected chi connectivity index (χ3v) is 5.02. The number of hydrogen-bond acceptors (Lipinski definition) is 5. The highest BCUT2D eigenvalue weighted by Crippen LogP contribution is 2.11. The summed E-state index contributed by atoms with van der Waals surface area (Å²) in [6.45, 7) is 4.42. The minimum absolute atomic E-state index is 0. The lowest BCUT2D eigenvalue weighted by Crippen LogP contribution is -2.39. The van der Waals surface area contributed by atoms with Crippen LogP contribution in [0, 0.1) is 6.92 Å². The Bertz CT molecular complexity index is 765. The highest BCUT2D eigenvalue weighted by molar-refractivity contribution is 14.0. The van der Waals surface area contributed by atoms with Crippen molar-refractivity contribution in [2.75, 3.05) is 45.7 Å². The standard InChI is InChI=1S/C20H30N6OS.HI/c1-16-13-22-18(28-16)14-23-20(24-15-19(27)25(2)3)21-11-8-12-26(4)17-9-6-5-7-10-17;/h5-7,9-10,13H,8,11-12,14-15H2,1-4H3,(H2,21,23,24);1H. The van der Waals surface area contributed by atoms with Crippen molar-refractivity contribution in [3.05, 3.63) is 46.4 Å². The number of benzene rings is 1. The molecule has 29 heavy (non-hydrogen) atoms. The molecule has 0 radical (unpaired) electrons. The Morgan fingerprint density at radius 2 is 1.90 bits per heavy atom. The molecule has 0 aliphatic carbocycles. The van der Waals surface area contributed by atoms with E-state index >= 15 is 0 Å². The predicted molar refractivity (Wildman–Crippen MR) is 132 cm³/mol. The summed E-state index contributed by atoms with van der Waals surface area (Å²) in [6, 6.07) is 10.3. The van der Waals surface area contributed by atoms with Gasteiger partial charge in [0.1, 0.15) is 11.6 Å². The van der Waals surface area contributed by atoms with Crippen LogP contribution in [0.2, 0.25) is 0 Å². The quantitative estimate of drug-likeness (QED) is 0.226. The average Bonchev–Trinajstić information content (AvgIpc) is 3.11. The molecular weight excluding hydrogens is 499 g/mol. The maximum Gasteiger partial charge on any atom is 0.243 e. The molecule has 0 spiro atoms. The summed E-state index contributed by atoms with van der Waals surface area (Å²) in [5, 5.41) is 7.58. The molecular formula is C20H31IN6OS. The molecule has 160 valence electrons. The summed E-state index contributed by atoms with van der Waals surface area (Å²) in [4.78, 5) is 25.6. The first-order valence-corrected chi connectivity index (χ1v) is 10.2. The van der Waals surface area contributed by atoms with E-state index in [-0.39, 0.29) is 36.4 Å². The first-order chi connectivity index (χ1) is 13.5. The summed E-state index contributed by atoms with van der Waals surface area (Å²) in [5.74, 6) is 0.598. The lowest BCUT2D eigenvalue weighted by atomic mass is 10.3. The van der Waals surface area contributed by atoms with Gasteiger partial charge in [-0.15, -0.1) is 35.3 Å². The molecule has 0 bridgehead atoms. The number of nitrogens with one attached hydrogen (secondary N) is 2. The number of likely N-dealkylation sites (N-methyl/N-ethyl adjacent to an activating group) is 1. The molecule has 7 nitrogen and oxygen atoms in total. The molecule has 0 atom stereocenters. The molecule has 0 fully saturated rings. The van der Waals surface area contributed by atoms with E-state index in [0.717, 1.165) is 24.5 Å². The van der Waals surface area contributed by atoms with Crippen LogP contribution >= 0.6 is 35.3 Å². The van der Waals surface area contributed by atoms with E-state index in [9.17, 15) is 4.79 Å². The second-order valence-corrected chi connectivity index (χ2v) is 8.03. The number of amides is 1. The Labute approximate surface area is 194 Å². The molecule has 0 aliphatic heterocycles. The van der Waals surface area contributed by atoms with E-state index in [0.29, 0.717) is 12.5 Å². The minimum Gasteiger partial charge on any atom is -0.375 e. The second-order valence-electron chi connectivity index (χ2n) is 6.71. The Morgan fingerprint density at radius 3 is 2.52 bits per heavy atom. The number of rotatable bonds is 9. The molecule has 1 amide bonds. The largest absolute Gasteiger partial charge is 0.375 e. The Balaban J connectivity index is 0.00000420. The van der Waals surface area contributed by atoms with E-state index in [1.807, 2.05) is 31.3 Å². The first-order valence-electron chi connectivity index (χ1n) is 9.35. The number of thiazole rings is 1. The fourth-order valence-electron chi connectivity index (χ4n) is 2.44. The van der Waals surface area contributed by atoms with E-state index < -0.39 is 0 Å². The topological polar surface area (TPSA) is 72.9 Å². The van der Waals surface area contributed by atoms with Crippen molar-refractivity contribution >= 4 is 52.9 Å². The van der Waals surface area contributed by atoms with Gasteiger partial charge in [-0.1, -0.05) is 18.2 Å². The molecule has 2 rings (SSSR count). The number of aryl methyl sites for hydroxylation is 1. The van der Waals surface area contributed by atoms with Crippen LogP contribution < -0.4 is 15.5 Å². The number of hydrogen-bond donors (Lipinski definition) is 2. The number of para-hydroxylation sites is 1. The van der Waals surface area contributed by atoms with Gasteiger partial charge in [-0.25, -0.2) is 9.98 Å². The Morgan fingerprint density at radius 1 is 1.17 bits per heavy atom. The highest BCUT2D eigenvalue weighted by Gasteiger charge is 2.06. The van der Waals surface area contributed by atoms with Crippen LogP contribution in [0.4, 0.5) is 5.69 Å². The Kier molecular flexibility index (Phi) is 11.6. The summed E-state index contributed by atoms with van der Waals surface area (Å²) < 4.78 is 0. The van der Waals surface area contributed by atoms with Gasteiger partial charge in [-0.3, -0.25) is 4.79 Å². The number of anilines is 1. The zero-order valence-electron chi connectivity index (χ0n) is 17.5. The maximum absolute atomic E-state index is 11.8. The zero-order valence-corrected chi connectivity index (χ0v) is 20.7. The second kappa shape index (κ2) is 13.4. The molecule has 0 unspecified atom stereocenters. The fraction of sp³-hybridized carbons (Fsp3) is 0.450. The van der Waals surface area contributed by atoms with Gasteiger partial charge in [-0.05, 0) is 25.5 Å². The third kappa shape index (κ3) is 9.44. The van der Waals surface area contributed by atoms with Gasteiger partial charge in [0.15, 0.2) is 5.96 Å². The van der Waals surface area contributed by atoms with Gasteiger partial charge in [0, 0.05) is 51.0 Å². The van der Waals surface area contributed by atoms with Crippen molar-refractivity contribution < 1.29 is 4.79 Å². The molecule has 0 saturated heterocycles. The summed E-state index contributed by atoms with van der Waals surface area (Å²) in [7, 11) is 5.55. The molecule has 0 saturated carbocycles. The van der Waals surface area contributed by atoms with Gasteiger partial charge in [-0.2, -0.15) is 0 Å². The van der Waals surface area contributed by atoms with E-state index in [1.165, 1.54) is 10.6 Å². The van der Waals surface area contributed by atoms with E-state index in [2.05, 4.69) is 44.7 Å². The van der Waals surface area contributed by atoms with Gasteiger partial charge < -0.3 is 20.4 Å². The summed E-state index contributed by atoms with van der Waals surface area (Å²) >= 11 is 1.65. The fourth-order valence-corrected chi connectivity index (χ4v) is 3.17. The van der Waals surface area contributed by atoms with Crippen LogP contribution in [0.25, 0.3) is 0 Å². The van der Waals surface area contributed by atoms with Crippen LogP contribution in [0.5, 0.6) is 0 Å².